The fourth-order valence-electron chi connectivity index (χ4n) is 2.23. The molecule has 1 aliphatic carbocycles. The molecule has 18 heavy (non-hydrogen) atoms. The molecule has 0 spiro atoms. The van der Waals surface area contributed by atoms with E-state index in [4.69, 9.17) is 4.42 Å². The smallest absolute Gasteiger partial charge is 0.192 e. The molecule has 0 saturated heterocycles. The summed E-state index contributed by atoms with van der Waals surface area (Å²) in [6, 6.07) is 10.2. The van der Waals surface area contributed by atoms with Crippen molar-refractivity contribution in [3.63, 3.8) is 0 Å². The lowest BCUT2D eigenvalue weighted by molar-refractivity contribution is 0.508. The summed E-state index contributed by atoms with van der Waals surface area (Å²) in [6.45, 7) is 1.90. The van der Waals surface area contributed by atoms with E-state index < -0.39 is 0 Å². The SMILES string of the molecule is Cc1nc(-c2ccccc2)c(C2=CC=CCC2)o1. The van der Waals surface area contributed by atoms with Gasteiger partial charge in [-0.25, -0.2) is 4.98 Å². The molecule has 1 aromatic heterocycles. The van der Waals surface area contributed by atoms with Gasteiger partial charge in [-0.3, -0.25) is 0 Å². The molecule has 1 heterocycles. The highest BCUT2D eigenvalue weighted by molar-refractivity contribution is 5.77. The molecule has 0 radical (unpaired) electrons. The summed E-state index contributed by atoms with van der Waals surface area (Å²) in [7, 11) is 0. The van der Waals surface area contributed by atoms with Crippen molar-refractivity contribution in [1.29, 1.82) is 0 Å². The van der Waals surface area contributed by atoms with Crippen molar-refractivity contribution >= 4 is 5.57 Å². The molecule has 0 saturated carbocycles. The Kier molecular flexibility index (Phi) is 2.85. The first-order chi connectivity index (χ1) is 8.84. The maximum atomic E-state index is 5.80. The Hall–Kier alpha value is -2.09. The third kappa shape index (κ3) is 2.02. The van der Waals surface area contributed by atoms with Crippen LogP contribution in [0.1, 0.15) is 24.5 Å². The summed E-state index contributed by atoms with van der Waals surface area (Å²) in [6.07, 6.45) is 8.47. The molecule has 0 N–H and O–H groups in total. The highest BCUT2D eigenvalue weighted by Gasteiger charge is 2.17. The second kappa shape index (κ2) is 4.65. The summed E-state index contributed by atoms with van der Waals surface area (Å²) in [5.74, 6) is 1.64. The van der Waals surface area contributed by atoms with Crippen LogP contribution in [-0.2, 0) is 0 Å². The van der Waals surface area contributed by atoms with Gasteiger partial charge in [0.05, 0.1) is 0 Å². The van der Waals surface area contributed by atoms with E-state index in [1.165, 1.54) is 5.57 Å². The third-order valence-corrected chi connectivity index (χ3v) is 3.09. The predicted molar refractivity (Wildman–Crippen MR) is 73.0 cm³/mol. The van der Waals surface area contributed by atoms with E-state index in [0.717, 1.165) is 35.7 Å². The molecule has 0 fully saturated rings. The topological polar surface area (TPSA) is 26.0 Å². The molecular weight excluding hydrogens is 222 g/mol. The van der Waals surface area contributed by atoms with Crippen LogP contribution >= 0.6 is 0 Å². The zero-order chi connectivity index (χ0) is 12.4. The Morgan fingerprint density at radius 1 is 1.17 bits per heavy atom. The maximum Gasteiger partial charge on any atom is 0.192 e. The fourth-order valence-corrected chi connectivity index (χ4v) is 2.23. The van der Waals surface area contributed by atoms with Crippen molar-refractivity contribution in [1.82, 2.24) is 4.98 Å². The highest BCUT2D eigenvalue weighted by atomic mass is 16.4. The molecule has 0 unspecified atom stereocenters. The molecule has 2 heteroatoms. The summed E-state index contributed by atoms with van der Waals surface area (Å²) >= 11 is 0. The number of aryl methyl sites for hydroxylation is 1. The normalized spacial score (nSPS) is 14.6. The van der Waals surface area contributed by atoms with Crippen LogP contribution in [0.2, 0.25) is 0 Å². The standard InChI is InChI=1S/C16H15NO/c1-12-17-15(13-8-4-2-5-9-13)16(18-12)14-10-6-3-7-11-14/h2-6,8-10H,7,11H2,1H3. The van der Waals surface area contributed by atoms with Crippen molar-refractivity contribution in [3.05, 3.63) is 60.2 Å². The zero-order valence-electron chi connectivity index (χ0n) is 10.4. The van der Waals surface area contributed by atoms with E-state index >= 15 is 0 Å². The van der Waals surface area contributed by atoms with Gasteiger partial charge in [0.15, 0.2) is 11.7 Å². The van der Waals surface area contributed by atoms with Crippen molar-refractivity contribution < 1.29 is 4.42 Å². The first-order valence-corrected chi connectivity index (χ1v) is 6.23. The largest absolute Gasteiger partial charge is 0.441 e. The first kappa shape index (κ1) is 11.0. The summed E-state index contributed by atoms with van der Waals surface area (Å²) in [5.41, 5.74) is 3.30. The van der Waals surface area contributed by atoms with Crippen LogP contribution in [0.25, 0.3) is 16.8 Å². The van der Waals surface area contributed by atoms with Crippen LogP contribution in [-0.4, -0.2) is 4.98 Å². The summed E-state index contributed by atoms with van der Waals surface area (Å²) < 4.78 is 5.80. The van der Waals surface area contributed by atoms with E-state index in [1.807, 2.05) is 25.1 Å². The molecule has 0 bridgehead atoms. The molecule has 2 aromatic rings. The van der Waals surface area contributed by atoms with Crippen LogP contribution in [0.4, 0.5) is 0 Å². The van der Waals surface area contributed by atoms with Crippen molar-refractivity contribution in [3.8, 4) is 11.3 Å². The lowest BCUT2D eigenvalue weighted by Gasteiger charge is -2.07. The third-order valence-electron chi connectivity index (χ3n) is 3.09. The Bertz CT molecular complexity index is 605. The van der Waals surface area contributed by atoms with E-state index in [-0.39, 0.29) is 0 Å². The second-order valence-corrected chi connectivity index (χ2v) is 4.44. The average molecular weight is 237 g/mol. The monoisotopic (exact) mass is 237 g/mol. The minimum absolute atomic E-state index is 0.722. The number of rotatable bonds is 2. The molecular formula is C16H15NO. The minimum atomic E-state index is 0.722. The van der Waals surface area contributed by atoms with Gasteiger partial charge in [-0.15, -0.1) is 0 Å². The Morgan fingerprint density at radius 2 is 2.00 bits per heavy atom. The van der Waals surface area contributed by atoms with E-state index in [1.54, 1.807) is 0 Å². The van der Waals surface area contributed by atoms with Crippen LogP contribution in [0.15, 0.2) is 53.0 Å². The number of allylic oxidation sites excluding steroid dienone is 4. The lowest BCUT2D eigenvalue weighted by atomic mass is 9.99. The van der Waals surface area contributed by atoms with E-state index in [9.17, 15) is 0 Å². The average Bonchev–Trinajstić information content (AvgIpc) is 2.83. The number of oxazole rings is 1. The Morgan fingerprint density at radius 3 is 2.72 bits per heavy atom. The highest BCUT2D eigenvalue weighted by Crippen LogP contribution is 2.32. The Labute approximate surface area is 107 Å². The second-order valence-electron chi connectivity index (χ2n) is 4.44. The van der Waals surface area contributed by atoms with Gasteiger partial charge in [0, 0.05) is 12.5 Å². The molecule has 0 aliphatic heterocycles. The van der Waals surface area contributed by atoms with Crippen LogP contribution < -0.4 is 0 Å². The van der Waals surface area contributed by atoms with Crippen molar-refractivity contribution in [2.75, 3.05) is 0 Å². The van der Waals surface area contributed by atoms with Crippen LogP contribution in [0.3, 0.4) is 0 Å². The van der Waals surface area contributed by atoms with Gasteiger partial charge in [-0.05, 0) is 18.4 Å². The maximum absolute atomic E-state index is 5.80. The van der Waals surface area contributed by atoms with Crippen molar-refractivity contribution in [2.24, 2.45) is 0 Å². The first-order valence-electron chi connectivity index (χ1n) is 6.23. The minimum Gasteiger partial charge on any atom is -0.441 e. The molecule has 0 atom stereocenters. The summed E-state index contributed by atoms with van der Waals surface area (Å²) in [4.78, 5) is 4.52. The lowest BCUT2D eigenvalue weighted by Crippen LogP contribution is -1.89. The molecule has 3 rings (SSSR count). The number of nitrogens with zero attached hydrogens (tertiary/aromatic N) is 1. The molecule has 90 valence electrons. The van der Waals surface area contributed by atoms with E-state index in [2.05, 4.69) is 35.3 Å². The van der Waals surface area contributed by atoms with Gasteiger partial charge in [0.25, 0.3) is 0 Å². The van der Waals surface area contributed by atoms with Crippen LogP contribution in [0.5, 0.6) is 0 Å². The molecule has 2 nitrogen and oxygen atoms in total. The predicted octanol–water partition coefficient (Wildman–Crippen LogP) is 4.38. The van der Waals surface area contributed by atoms with Crippen LogP contribution in [0, 0.1) is 6.92 Å². The number of hydrogen-bond donors (Lipinski definition) is 0. The quantitative estimate of drug-likeness (QED) is 0.774. The van der Waals surface area contributed by atoms with Gasteiger partial charge in [0.1, 0.15) is 5.69 Å². The Balaban J connectivity index is 2.11. The van der Waals surface area contributed by atoms with E-state index in [0.29, 0.717) is 0 Å². The number of benzene rings is 1. The number of aromatic nitrogens is 1. The molecule has 1 aliphatic rings. The van der Waals surface area contributed by atoms with Gasteiger partial charge < -0.3 is 4.42 Å². The number of hydrogen-bond acceptors (Lipinski definition) is 2. The molecule has 0 amide bonds. The van der Waals surface area contributed by atoms with Gasteiger partial charge >= 0.3 is 0 Å². The van der Waals surface area contributed by atoms with Gasteiger partial charge in [-0.1, -0.05) is 48.6 Å². The summed E-state index contributed by atoms with van der Waals surface area (Å²) in [5, 5.41) is 0. The molecule has 1 aromatic carbocycles. The van der Waals surface area contributed by atoms with Gasteiger partial charge in [-0.2, -0.15) is 0 Å². The van der Waals surface area contributed by atoms with Crippen molar-refractivity contribution in [2.45, 2.75) is 19.8 Å². The van der Waals surface area contributed by atoms with Gasteiger partial charge in [0.2, 0.25) is 0 Å². The fraction of sp³-hybridized carbons (Fsp3) is 0.188. The zero-order valence-corrected chi connectivity index (χ0v) is 10.4.